The van der Waals surface area contributed by atoms with Crippen LogP contribution < -0.4 is 10.6 Å². The number of pyridine rings is 1. The molecule has 0 radical (unpaired) electrons. The quantitative estimate of drug-likeness (QED) is 0.813. The highest BCUT2D eigenvalue weighted by atomic mass is 79.9. The Morgan fingerprint density at radius 1 is 1.26 bits per heavy atom. The molecule has 122 valence electrons. The number of nitrogens with one attached hydrogen (secondary N) is 2. The maximum atomic E-state index is 12.5. The fraction of sp³-hybridized carbons (Fsp3) is 0.412. The molecule has 1 aliphatic carbocycles. The Bertz CT molecular complexity index is 746. The van der Waals surface area contributed by atoms with Crippen molar-refractivity contribution in [1.82, 2.24) is 10.3 Å². The van der Waals surface area contributed by atoms with Crippen molar-refractivity contribution in [2.45, 2.75) is 19.3 Å². The Kier molecular flexibility index (Phi) is 4.63. The van der Waals surface area contributed by atoms with Gasteiger partial charge in [-0.25, -0.2) is 4.98 Å². The van der Waals surface area contributed by atoms with Crippen LogP contribution in [0.4, 0.5) is 5.82 Å². The van der Waals surface area contributed by atoms with Crippen molar-refractivity contribution in [2.24, 2.45) is 11.3 Å². The van der Waals surface area contributed by atoms with Gasteiger partial charge in [-0.1, -0.05) is 12.1 Å². The molecule has 1 amide bonds. The highest BCUT2D eigenvalue weighted by Gasteiger charge is 2.57. The number of piperidine rings is 1. The number of para-hydroxylation sites is 1. The average Bonchev–Trinajstić information content (AvgIpc) is 3.22. The first-order chi connectivity index (χ1) is 10.7. The molecular weight excluding hydrogens is 378 g/mol. The van der Waals surface area contributed by atoms with Crippen molar-refractivity contribution in [1.29, 1.82) is 0 Å². The fourth-order valence-electron chi connectivity index (χ4n) is 3.59. The predicted octanol–water partition coefficient (Wildman–Crippen LogP) is 3.75. The third kappa shape index (κ3) is 3.10. The van der Waals surface area contributed by atoms with Crippen LogP contribution >= 0.6 is 28.3 Å². The zero-order chi connectivity index (χ0) is 15.2. The number of hydrogen-bond donors (Lipinski definition) is 2. The van der Waals surface area contributed by atoms with Crippen LogP contribution in [0.5, 0.6) is 0 Å². The second kappa shape index (κ2) is 6.38. The number of nitrogens with zero attached hydrogens (tertiary/aromatic N) is 1. The lowest BCUT2D eigenvalue weighted by atomic mass is 9.92. The molecule has 1 saturated carbocycles. The van der Waals surface area contributed by atoms with Crippen molar-refractivity contribution in [3.05, 3.63) is 34.8 Å². The lowest BCUT2D eigenvalue weighted by Gasteiger charge is -2.23. The molecule has 1 atom stereocenters. The molecule has 1 spiro atoms. The topological polar surface area (TPSA) is 54.0 Å². The van der Waals surface area contributed by atoms with Gasteiger partial charge < -0.3 is 10.6 Å². The smallest absolute Gasteiger partial charge is 0.229 e. The molecule has 1 aliphatic heterocycles. The highest BCUT2D eigenvalue weighted by Crippen LogP contribution is 2.58. The molecule has 1 aromatic carbocycles. The standard InChI is InChI=1S/C17H18BrN3O.ClH/c18-13-3-1-2-11-4-5-14(20-15(11)13)21-16(22)12-10-17(12)6-8-19-9-7-17;/h1-5,12,19H,6-10H2,(H,20,21,22);1H. The number of rotatable bonds is 2. The molecule has 2 aromatic rings. The minimum Gasteiger partial charge on any atom is -0.317 e. The van der Waals surface area contributed by atoms with Crippen LogP contribution in [0.25, 0.3) is 10.9 Å². The van der Waals surface area contributed by atoms with E-state index in [1.54, 1.807) is 0 Å². The Labute approximate surface area is 150 Å². The van der Waals surface area contributed by atoms with Crippen LogP contribution in [0.1, 0.15) is 19.3 Å². The Morgan fingerprint density at radius 3 is 2.83 bits per heavy atom. The van der Waals surface area contributed by atoms with Crippen molar-refractivity contribution in [3.63, 3.8) is 0 Å². The van der Waals surface area contributed by atoms with E-state index in [0.717, 1.165) is 47.7 Å². The summed E-state index contributed by atoms with van der Waals surface area (Å²) in [4.78, 5) is 17.1. The zero-order valence-corrected chi connectivity index (χ0v) is 15.0. The van der Waals surface area contributed by atoms with E-state index in [1.807, 2.05) is 30.3 Å². The Morgan fingerprint density at radius 2 is 2.04 bits per heavy atom. The molecule has 6 heteroatoms. The number of anilines is 1. The Balaban J connectivity index is 0.00000156. The Hall–Kier alpha value is -1.17. The number of carbonyl (C=O) groups is 1. The van der Waals surface area contributed by atoms with Gasteiger partial charge in [0.15, 0.2) is 0 Å². The number of aromatic nitrogens is 1. The van der Waals surface area contributed by atoms with E-state index in [1.165, 1.54) is 0 Å². The number of halogens is 2. The molecule has 2 fully saturated rings. The highest BCUT2D eigenvalue weighted by molar-refractivity contribution is 9.10. The first-order valence-electron chi connectivity index (χ1n) is 7.75. The SMILES string of the molecule is Cl.O=C(Nc1ccc2cccc(Br)c2n1)C1CC12CCNCC2. The maximum Gasteiger partial charge on any atom is 0.229 e. The number of benzene rings is 1. The molecule has 1 aromatic heterocycles. The third-order valence-corrected chi connectivity index (χ3v) is 5.67. The van der Waals surface area contributed by atoms with Gasteiger partial charge in [-0.3, -0.25) is 4.79 Å². The van der Waals surface area contributed by atoms with Crippen molar-refractivity contribution >= 4 is 51.0 Å². The lowest BCUT2D eigenvalue weighted by Crippen LogP contribution is -2.31. The summed E-state index contributed by atoms with van der Waals surface area (Å²) in [5, 5.41) is 7.43. The summed E-state index contributed by atoms with van der Waals surface area (Å²) in [6, 6.07) is 9.84. The van der Waals surface area contributed by atoms with Crippen molar-refractivity contribution < 1.29 is 4.79 Å². The molecule has 2 heterocycles. The predicted molar refractivity (Wildman–Crippen MR) is 98.0 cm³/mol. The van der Waals surface area contributed by atoms with Gasteiger partial charge in [0, 0.05) is 15.8 Å². The average molecular weight is 397 g/mol. The molecule has 2 aliphatic rings. The summed E-state index contributed by atoms with van der Waals surface area (Å²) in [6.45, 7) is 2.07. The molecule has 23 heavy (non-hydrogen) atoms. The number of hydrogen-bond acceptors (Lipinski definition) is 3. The molecule has 4 nitrogen and oxygen atoms in total. The number of fused-ring (bicyclic) bond motifs is 1. The van der Waals surface area contributed by atoms with Gasteiger partial charge in [-0.05, 0) is 71.9 Å². The van der Waals surface area contributed by atoms with Gasteiger partial charge in [-0.15, -0.1) is 12.4 Å². The van der Waals surface area contributed by atoms with Crippen molar-refractivity contribution in [2.75, 3.05) is 18.4 Å². The molecule has 1 saturated heterocycles. The second-order valence-corrected chi connectivity index (χ2v) is 7.22. The number of carbonyl (C=O) groups excluding carboxylic acids is 1. The normalized spacial score (nSPS) is 21.7. The summed E-state index contributed by atoms with van der Waals surface area (Å²) in [5.41, 5.74) is 1.14. The van der Waals surface area contributed by atoms with Crippen molar-refractivity contribution in [3.8, 4) is 0 Å². The summed E-state index contributed by atoms with van der Waals surface area (Å²) in [5.74, 6) is 0.924. The van der Waals surface area contributed by atoms with E-state index in [9.17, 15) is 4.79 Å². The molecular formula is C17H19BrClN3O. The zero-order valence-electron chi connectivity index (χ0n) is 12.6. The molecule has 0 bridgehead atoms. The van der Waals surface area contributed by atoms with Crippen LogP contribution in [0.3, 0.4) is 0 Å². The van der Waals surface area contributed by atoms with Gasteiger partial charge in [0.2, 0.25) is 5.91 Å². The summed E-state index contributed by atoms with van der Waals surface area (Å²) < 4.78 is 0.947. The van der Waals surface area contributed by atoms with Gasteiger partial charge in [0.1, 0.15) is 5.82 Å². The lowest BCUT2D eigenvalue weighted by molar-refractivity contribution is -0.118. The van der Waals surface area contributed by atoms with Gasteiger partial charge in [-0.2, -0.15) is 0 Å². The summed E-state index contributed by atoms with van der Waals surface area (Å²) >= 11 is 3.51. The third-order valence-electron chi connectivity index (χ3n) is 5.03. The largest absolute Gasteiger partial charge is 0.317 e. The van der Waals surface area contributed by atoms with Crippen LogP contribution in [-0.2, 0) is 4.79 Å². The van der Waals surface area contributed by atoms with Crippen LogP contribution in [0.15, 0.2) is 34.8 Å². The molecule has 4 rings (SSSR count). The second-order valence-electron chi connectivity index (χ2n) is 6.37. The van der Waals surface area contributed by atoms with E-state index in [-0.39, 0.29) is 29.6 Å². The van der Waals surface area contributed by atoms with Crippen LogP contribution in [-0.4, -0.2) is 24.0 Å². The first-order valence-corrected chi connectivity index (χ1v) is 8.54. The maximum absolute atomic E-state index is 12.5. The fourth-order valence-corrected chi connectivity index (χ4v) is 4.06. The van der Waals surface area contributed by atoms with Crippen LogP contribution in [0.2, 0.25) is 0 Å². The minimum absolute atomic E-state index is 0. The molecule has 1 unspecified atom stereocenters. The summed E-state index contributed by atoms with van der Waals surface area (Å²) in [6.07, 6.45) is 3.25. The van der Waals surface area contributed by atoms with E-state index in [4.69, 9.17) is 0 Å². The van der Waals surface area contributed by atoms with E-state index in [2.05, 4.69) is 31.5 Å². The monoisotopic (exact) mass is 395 g/mol. The van der Waals surface area contributed by atoms with Gasteiger partial charge >= 0.3 is 0 Å². The van der Waals surface area contributed by atoms with E-state index < -0.39 is 0 Å². The van der Waals surface area contributed by atoms with Gasteiger partial charge in [0.25, 0.3) is 0 Å². The molecule has 2 N–H and O–H groups in total. The van der Waals surface area contributed by atoms with E-state index >= 15 is 0 Å². The van der Waals surface area contributed by atoms with Crippen LogP contribution in [0, 0.1) is 11.3 Å². The first kappa shape index (κ1) is 16.7. The summed E-state index contributed by atoms with van der Waals surface area (Å²) in [7, 11) is 0. The minimum atomic E-state index is 0. The number of amides is 1. The van der Waals surface area contributed by atoms with E-state index in [0.29, 0.717) is 5.82 Å². The van der Waals surface area contributed by atoms with Gasteiger partial charge in [0.05, 0.1) is 5.52 Å².